The van der Waals surface area contributed by atoms with Gasteiger partial charge in [0.05, 0.1) is 57.8 Å². The van der Waals surface area contributed by atoms with E-state index in [2.05, 4.69) is 64.7 Å². The number of phosphoric ester groups is 1. The zero-order chi connectivity index (χ0) is 51.1. The van der Waals surface area contributed by atoms with E-state index in [-0.39, 0.29) is 148 Å². The standard InChI is InChI=1S/C19H18BrN3O.C18H15N4O14PS2.HNP2S.4Na/c1-2-7-17(14-8-4-3-5-9-14)23-19(24)15(13-21)12-16-10-6-11-18(20)22-16;1-8-17(24)13(6-23)14(7-36-37(27,28)29)18(19-8)21-20-9-2-11-12(15(3-9)38(30,31)32)4-10(22(25)26)5-16(11)39(33,34)35;1-2-3-4;;;;/h3-6,8-12,17H,2,7H2,1H3,(H,23,24);2-6,24H,7H2,1H3,(H2,27,28,29)(H,30,31,32)(H,33,34,35);1H;;;;/q;;;4*+1/p-3/b15-12+;;;;;;/t17-;;;;;;/m0....../s1/i/hD. The zero-order valence-electron chi connectivity index (χ0n) is 39.1. The minimum Gasteiger partial charge on any atom is -0.790 e. The van der Waals surface area contributed by atoms with E-state index in [1.54, 1.807) is 18.2 Å². The first kappa shape index (κ1) is 69.4. The van der Waals surface area contributed by atoms with Crippen LogP contribution in [0.5, 0.6) is 5.75 Å². The molecule has 0 radical (unpaired) electrons. The summed E-state index contributed by atoms with van der Waals surface area (Å²) >= 11 is 7.59. The summed E-state index contributed by atoms with van der Waals surface area (Å²) in [6.07, 6.45) is 3.29. The number of carbonyl (C=O) groups is 2. The van der Waals surface area contributed by atoms with Crippen molar-refractivity contribution in [2.24, 2.45) is 10.2 Å². The summed E-state index contributed by atoms with van der Waals surface area (Å²) in [4.78, 5) is 61.4. The van der Waals surface area contributed by atoms with Crippen molar-refractivity contribution in [2.75, 3.05) is 0 Å². The van der Waals surface area contributed by atoms with Crippen LogP contribution in [0.2, 0.25) is 0 Å². The van der Waals surface area contributed by atoms with E-state index in [0.29, 0.717) is 36.6 Å². The normalized spacial score (nSPS) is 12.0. The molecule has 5 aromatic rings. The molecule has 3 aromatic carbocycles. The van der Waals surface area contributed by atoms with Gasteiger partial charge in [-0.1, -0.05) is 49.7 Å². The minimum atomic E-state index is -5.60. The molecule has 5 rings (SSSR count). The van der Waals surface area contributed by atoms with Gasteiger partial charge in [-0.25, -0.2) is 32.0 Å². The maximum Gasteiger partial charge on any atom is 1.00 e. The second-order valence-electron chi connectivity index (χ2n) is 12.9. The number of pyridine rings is 2. The van der Waals surface area contributed by atoms with Crippen LogP contribution in [0.15, 0.2) is 103 Å². The number of aryl methyl sites for hydroxylation is 1. The third-order valence-electron chi connectivity index (χ3n) is 8.44. The van der Waals surface area contributed by atoms with E-state index in [0.717, 1.165) is 24.5 Å². The molecular weight excluding hydrogens is 1160 g/mol. The van der Waals surface area contributed by atoms with Gasteiger partial charge in [-0.15, -0.1) is 10.2 Å². The molecule has 0 saturated heterocycles. The third-order valence-corrected chi connectivity index (χ3v) is 12.1. The van der Waals surface area contributed by atoms with Gasteiger partial charge in [0.15, 0.2) is 23.9 Å². The summed E-state index contributed by atoms with van der Waals surface area (Å²) in [6, 6.07) is 19.1. The number of aldehydes is 1. The van der Waals surface area contributed by atoms with Crippen LogP contribution in [0.25, 0.3) is 16.8 Å². The van der Waals surface area contributed by atoms with Gasteiger partial charge in [-0.05, 0) is 65.2 Å². The fourth-order valence-electron chi connectivity index (χ4n) is 5.61. The van der Waals surface area contributed by atoms with E-state index in [9.17, 15) is 70.4 Å². The average molecular weight is 1190 g/mol. The number of non-ortho nitro benzene ring substituents is 1. The summed E-state index contributed by atoms with van der Waals surface area (Å²) in [6.45, 7) is 0.982. The number of nitro groups is 1. The van der Waals surface area contributed by atoms with Crippen molar-refractivity contribution in [3.8, 4) is 11.8 Å². The smallest absolute Gasteiger partial charge is 0.790 e. The summed E-state index contributed by atoms with van der Waals surface area (Å²) in [5, 5.41) is 45.5. The van der Waals surface area contributed by atoms with Crippen molar-refractivity contribution in [3.05, 3.63) is 121 Å². The Morgan fingerprint density at radius 3 is 2.13 bits per heavy atom. The Morgan fingerprint density at radius 2 is 1.63 bits per heavy atom. The summed E-state index contributed by atoms with van der Waals surface area (Å²) in [5.41, 5.74) is -1.40. The number of hydrogen-bond donors (Lipinski definition) is 3. The van der Waals surface area contributed by atoms with E-state index >= 15 is 0 Å². The Bertz CT molecular complexity index is 3190. The quantitative estimate of drug-likeness (QED) is 0.00794. The zero-order valence-corrected chi connectivity index (χ0v) is 52.8. The van der Waals surface area contributed by atoms with Gasteiger partial charge in [0, 0.05) is 28.5 Å². The molecule has 0 bridgehead atoms. The number of amides is 1. The Morgan fingerprint density at radius 1 is 1.06 bits per heavy atom. The van der Waals surface area contributed by atoms with Crippen LogP contribution in [-0.2, 0) is 52.5 Å². The summed E-state index contributed by atoms with van der Waals surface area (Å²) in [5.74, 6) is -1.75. The fraction of sp³-hybridized carbons (Fsp3) is 0.162. The molecule has 2 atom stereocenters. The van der Waals surface area contributed by atoms with Crippen LogP contribution in [0, 0.1) is 33.5 Å². The van der Waals surface area contributed by atoms with Gasteiger partial charge in [0.25, 0.3) is 19.7 Å². The molecule has 2 aromatic heterocycles. The monoisotopic (exact) mass is 1190 g/mol. The molecule has 0 saturated carbocycles. The number of carbonyl (C=O) groups excluding carboxylic acids is 2. The third kappa shape index (κ3) is 22.7. The first-order chi connectivity index (χ1) is 31.7. The number of nitrogens with one attached hydrogen (secondary N) is 2. The van der Waals surface area contributed by atoms with Gasteiger partial charge in [-0.2, -0.15) is 5.26 Å². The number of aromatic hydroxyl groups is 1. The average Bonchev–Trinajstić information content (AvgIpc) is 3.26. The number of benzene rings is 3. The van der Waals surface area contributed by atoms with Gasteiger partial charge in [-0.3, -0.25) is 19.7 Å². The van der Waals surface area contributed by atoms with Crippen molar-refractivity contribution in [2.45, 2.75) is 49.1 Å². The van der Waals surface area contributed by atoms with Gasteiger partial charge in [0.1, 0.15) is 42.2 Å². The van der Waals surface area contributed by atoms with Crippen molar-refractivity contribution in [3.63, 3.8) is 0 Å². The van der Waals surface area contributed by atoms with E-state index in [1.807, 2.05) is 36.4 Å². The number of nitro benzene ring substituents is 1. The Labute approximate surface area is 512 Å². The predicted octanol–water partition coefficient (Wildman–Crippen LogP) is -5.29. The molecule has 3 N–H and O–H groups in total. The SMILES string of the molecule is CCC[C@H](NC(=O)/C(C#N)=C/c1cccc(Br)n1)c1ccccc1.Cc1nc(N=Nc2cc(S(=O)(=O)[O-])c3cc([N+](=O)[O-])cc(S(=O)(=O)[O-])c3c2)c(COP(=O)([O-])[O-])c(C=O)c1O.[2H][P+](=S)P=N.[Na+].[Na+].[Na+].[Na+]. The van der Waals surface area contributed by atoms with Crippen molar-refractivity contribution in [1.29, 1.82) is 11.7 Å². The second-order valence-corrected chi connectivity index (χ2v) is 20.5. The maximum absolute atomic E-state index is 12.5. The molecular formula is C37H31BrN8Na4O15P3S3+. The molecule has 0 spiro atoms. The molecule has 2 heterocycles. The number of fused-ring (bicyclic) bond motifs is 1. The van der Waals surface area contributed by atoms with Gasteiger partial charge >= 0.3 is 120 Å². The number of nitriles is 1. The number of hydrogen-bond acceptors (Lipinski definition) is 22. The summed E-state index contributed by atoms with van der Waals surface area (Å²) in [7, 11) is -16.3. The molecule has 71 heavy (non-hydrogen) atoms. The van der Waals surface area contributed by atoms with Crippen molar-refractivity contribution in [1.82, 2.24) is 15.3 Å². The number of phosphoric acid groups is 1. The first-order valence-corrected chi connectivity index (χ1v) is 26.7. The van der Waals surface area contributed by atoms with Gasteiger partial charge < -0.3 is 38.4 Å². The van der Waals surface area contributed by atoms with Crippen LogP contribution < -0.4 is 133 Å². The van der Waals surface area contributed by atoms with Crippen LogP contribution in [0.4, 0.5) is 17.2 Å². The topological polar surface area (TPSA) is 394 Å². The second kappa shape index (κ2) is 33.5. The van der Waals surface area contributed by atoms with Crippen LogP contribution in [-0.4, -0.2) is 59.4 Å². The van der Waals surface area contributed by atoms with Crippen molar-refractivity contribution >= 4 is 117 Å². The molecule has 1 amide bonds. The van der Waals surface area contributed by atoms with Crippen LogP contribution >= 0.6 is 38.8 Å². The maximum atomic E-state index is 12.5. The minimum absolute atomic E-state index is 0. The van der Waals surface area contributed by atoms with Crippen LogP contribution in [0.1, 0.15) is 58.7 Å². The van der Waals surface area contributed by atoms with Gasteiger partial charge in [0.2, 0.25) is 6.99 Å². The number of rotatable bonds is 16. The summed E-state index contributed by atoms with van der Waals surface area (Å²) < 4.78 is 93.3. The Hall–Kier alpha value is -1.58. The Kier molecular flexibility index (Phi) is 32.7. The van der Waals surface area contributed by atoms with Crippen molar-refractivity contribution < 1.29 is 183 Å². The van der Waals surface area contributed by atoms with E-state index in [1.165, 1.54) is 13.0 Å². The molecule has 0 aliphatic carbocycles. The Balaban J connectivity index is 0. The molecule has 1 unspecified atom stereocenters. The predicted molar refractivity (Wildman–Crippen MR) is 242 cm³/mol. The molecule has 23 nitrogen and oxygen atoms in total. The molecule has 352 valence electrons. The number of nitrogens with zero attached hydrogens (tertiary/aromatic N) is 6. The van der Waals surface area contributed by atoms with E-state index in [4.69, 9.17) is 6.44 Å². The number of azo groups is 1. The first-order valence-electron chi connectivity index (χ1n) is 18.6. The largest absolute Gasteiger partial charge is 1.00 e. The fourth-order valence-corrected chi connectivity index (χ4v) is 7.67. The van der Waals surface area contributed by atoms with Crippen LogP contribution in [0.3, 0.4) is 0 Å². The van der Waals surface area contributed by atoms with E-state index < -0.39 is 101 Å². The molecule has 34 heteroatoms. The number of aromatic nitrogens is 2. The molecule has 0 aliphatic heterocycles. The number of halogens is 1. The molecule has 0 aliphatic rings. The molecule has 0 fully saturated rings.